The van der Waals surface area contributed by atoms with Crippen LogP contribution in [-0.4, -0.2) is 62.6 Å². The first-order chi connectivity index (χ1) is 21.7. The second-order valence-corrected chi connectivity index (χ2v) is 13.9. The number of benzene rings is 2. The summed E-state index contributed by atoms with van der Waals surface area (Å²) in [6.45, 7) is 8.89. The second kappa shape index (κ2) is 10.5. The molecule has 8 nitrogen and oxygen atoms in total. The highest BCUT2D eigenvalue weighted by molar-refractivity contribution is 6.10. The van der Waals surface area contributed by atoms with Crippen molar-refractivity contribution in [1.82, 2.24) is 24.6 Å². The largest absolute Gasteiger partial charge is 0.416 e. The summed E-state index contributed by atoms with van der Waals surface area (Å²) in [5.41, 5.74) is 0.580. The fourth-order valence-electron chi connectivity index (χ4n) is 8.35. The quantitative estimate of drug-likeness (QED) is 0.253. The fraction of sp³-hybridized carbons (Fsp3) is 0.471. The smallest absolute Gasteiger partial charge is 0.335 e. The van der Waals surface area contributed by atoms with E-state index in [2.05, 4.69) is 28.6 Å². The van der Waals surface area contributed by atoms with Crippen LogP contribution in [0.2, 0.25) is 0 Å². The van der Waals surface area contributed by atoms with Crippen molar-refractivity contribution < 1.29 is 27.2 Å². The molecular formula is C34H36F4N6O2. The Morgan fingerprint density at radius 3 is 2.50 bits per heavy atom. The molecule has 1 saturated carbocycles. The van der Waals surface area contributed by atoms with E-state index < -0.39 is 35.4 Å². The van der Waals surface area contributed by atoms with E-state index in [1.807, 2.05) is 36.7 Å². The maximum atomic E-state index is 14.6. The first-order valence-corrected chi connectivity index (χ1v) is 15.6. The van der Waals surface area contributed by atoms with Crippen LogP contribution in [0.15, 0.2) is 55.1 Å². The number of anilines is 1. The average Bonchev–Trinajstić information content (AvgIpc) is 3.70. The van der Waals surface area contributed by atoms with Gasteiger partial charge in [-0.25, -0.2) is 4.39 Å². The normalized spacial score (nSPS) is 24.6. The molecule has 0 bridgehead atoms. The van der Waals surface area contributed by atoms with Crippen LogP contribution in [0.4, 0.5) is 23.2 Å². The van der Waals surface area contributed by atoms with Gasteiger partial charge in [-0.2, -0.15) is 13.2 Å². The molecule has 2 saturated heterocycles. The first-order valence-electron chi connectivity index (χ1n) is 15.6. The van der Waals surface area contributed by atoms with E-state index in [0.717, 1.165) is 30.7 Å². The summed E-state index contributed by atoms with van der Waals surface area (Å²) in [5, 5.41) is 8.48. The third kappa shape index (κ3) is 4.75. The van der Waals surface area contributed by atoms with Crippen LogP contribution >= 0.6 is 0 Å². The maximum absolute atomic E-state index is 14.6. The minimum atomic E-state index is -4.65. The van der Waals surface area contributed by atoms with Gasteiger partial charge in [0.25, 0.3) is 11.8 Å². The Bertz CT molecular complexity index is 1750. The van der Waals surface area contributed by atoms with Gasteiger partial charge in [-0.1, -0.05) is 25.6 Å². The minimum absolute atomic E-state index is 0.0170. The molecule has 4 heterocycles. The fourth-order valence-corrected chi connectivity index (χ4v) is 8.35. The zero-order valence-electron chi connectivity index (χ0n) is 26.1. The van der Waals surface area contributed by atoms with E-state index in [4.69, 9.17) is 0 Å². The number of aromatic nitrogens is 3. The van der Waals surface area contributed by atoms with Gasteiger partial charge in [0.05, 0.1) is 17.5 Å². The van der Waals surface area contributed by atoms with Crippen LogP contribution < -0.4 is 4.90 Å². The molecule has 2 aromatic carbocycles. The van der Waals surface area contributed by atoms with E-state index in [1.54, 1.807) is 18.5 Å². The van der Waals surface area contributed by atoms with Crippen molar-refractivity contribution in [2.24, 2.45) is 18.4 Å². The number of fused-ring (bicyclic) bond motifs is 1. The van der Waals surface area contributed by atoms with E-state index >= 15 is 0 Å². The van der Waals surface area contributed by atoms with Gasteiger partial charge in [0, 0.05) is 49.4 Å². The number of alkyl halides is 3. The lowest BCUT2D eigenvalue weighted by Gasteiger charge is -2.48. The monoisotopic (exact) mass is 636 g/mol. The van der Waals surface area contributed by atoms with Crippen LogP contribution in [-0.2, 0) is 30.0 Å². The molecule has 1 atom stereocenters. The van der Waals surface area contributed by atoms with Crippen molar-refractivity contribution in [3.05, 3.63) is 88.8 Å². The van der Waals surface area contributed by atoms with Crippen molar-refractivity contribution in [1.29, 1.82) is 0 Å². The van der Waals surface area contributed by atoms with Crippen molar-refractivity contribution in [3.8, 4) is 0 Å². The van der Waals surface area contributed by atoms with Crippen LogP contribution in [0, 0.1) is 11.3 Å². The van der Waals surface area contributed by atoms with Crippen molar-refractivity contribution in [3.63, 3.8) is 0 Å². The predicted octanol–water partition coefficient (Wildman–Crippen LogP) is 5.79. The van der Waals surface area contributed by atoms with Crippen molar-refractivity contribution in [2.45, 2.75) is 57.3 Å². The van der Waals surface area contributed by atoms with Gasteiger partial charge in [-0.15, -0.1) is 10.2 Å². The SMILES string of the molecule is C=C(F)C(=O)N1CC2(CCN([C@H](C)c3cc4c(c(C(F)(F)F)c3)CN(c3cccc(C5(c6nncn6C)CC(C)C5)c3)C4=O)C2)C1. The van der Waals surface area contributed by atoms with Gasteiger partial charge < -0.3 is 14.4 Å². The van der Waals surface area contributed by atoms with Crippen LogP contribution in [0.5, 0.6) is 0 Å². The van der Waals surface area contributed by atoms with Crippen LogP contribution in [0.1, 0.15) is 77.6 Å². The van der Waals surface area contributed by atoms with Gasteiger partial charge in [-0.05, 0) is 79.6 Å². The zero-order valence-corrected chi connectivity index (χ0v) is 26.1. The summed E-state index contributed by atoms with van der Waals surface area (Å²) in [4.78, 5) is 30.8. The predicted molar refractivity (Wildman–Crippen MR) is 162 cm³/mol. The molecule has 0 N–H and O–H groups in total. The van der Waals surface area contributed by atoms with Gasteiger partial charge in [0.15, 0.2) is 5.83 Å². The molecule has 0 unspecified atom stereocenters. The Kier molecular flexibility index (Phi) is 6.97. The van der Waals surface area contributed by atoms with Gasteiger partial charge in [0.2, 0.25) is 0 Å². The average molecular weight is 637 g/mol. The number of aryl methyl sites for hydroxylation is 1. The molecule has 1 spiro atoms. The van der Waals surface area contributed by atoms with E-state index in [1.165, 1.54) is 15.9 Å². The number of hydrogen-bond acceptors (Lipinski definition) is 5. The summed E-state index contributed by atoms with van der Waals surface area (Å²) >= 11 is 0. The maximum Gasteiger partial charge on any atom is 0.416 e. The van der Waals surface area contributed by atoms with Crippen LogP contribution in [0.3, 0.4) is 0 Å². The molecule has 2 amide bonds. The van der Waals surface area contributed by atoms with Crippen molar-refractivity contribution >= 4 is 17.5 Å². The minimum Gasteiger partial charge on any atom is -0.335 e. The Labute approximate surface area is 264 Å². The topological polar surface area (TPSA) is 74.6 Å². The Morgan fingerprint density at radius 2 is 1.87 bits per heavy atom. The molecule has 1 aromatic heterocycles. The summed E-state index contributed by atoms with van der Waals surface area (Å²) in [7, 11) is 1.90. The molecule has 4 aliphatic rings. The van der Waals surface area contributed by atoms with E-state index in [-0.39, 0.29) is 28.5 Å². The highest BCUT2D eigenvalue weighted by Crippen LogP contribution is 2.52. The Balaban J connectivity index is 1.17. The number of carbonyl (C=O) groups excluding carboxylic acids is 2. The number of carbonyl (C=O) groups is 2. The molecule has 12 heteroatoms. The molecule has 3 fully saturated rings. The first kappa shape index (κ1) is 30.6. The third-order valence-electron chi connectivity index (χ3n) is 10.7. The second-order valence-electron chi connectivity index (χ2n) is 13.9. The number of halogens is 4. The number of likely N-dealkylation sites (tertiary alicyclic amines) is 2. The Hall–Kier alpha value is -4.06. The molecule has 46 heavy (non-hydrogen) atoms. The number of rotatable bonds is 6. The highest BCUT2D eigenvalue weighted by Gasteiger charge is 2.51. The van der Waals surface area contributed by atoms with E-state index in [9.17, 15) is 27.2 Å². The molecule has 1 aliphatic carbocycles. The van der Waals surface area contributed by atoms with E-state index in [0.29, 0.717) is 43.3 Å². The lowest BCUT2D eigenvalue weighted by atomic mass is 9.58. The van der Waals surface area contributed by atoms with Gasteiger partial charge >= 0.3 is 6.18 Å². The van der Waals surface area contributed by atoms with Gasteiger partial charge in [-0.3, -0.25) is 14.5 Å². The molecular weight excluding hydrogens is 600 g/mol. The van der Waals surface area contributed by atoms with Crippen molar-refractivity contribution in [2.75, 3.05) is 31.1 Å². The molecule has 7 rings (SSSR count). The molecule has 242 valence electrons. The number of nitrogens with zero attached hydrogens (tertiary/aromatic N) is 6. The molecule has 3 aliphatic heterocycles. The summed E-state index contributed by atoms with van der Waals surface area (Å²) in [6, 6.07) is 9.92. The number of hydrogen-bond donors (Lipinski definition) is 0. The highest BCUT2D eigenvalue weighted by atomic mass is 19.4. The third-order valence-corrected chi connectivity index (χ3v) is 10.7. The number of amides is 2. The standard InChI is InChI=1S/C34H36F4N6O2/c1-20-13-33(14-20,31-40-39-19-41(31)4)24-6-5-7-25(12-24)44-15-27-26(30(44)46)10-23(11-28(27)34(36,37)38)22(3)42-9-8-32(16-42)17-43(18-32)29(45)21(2)35/h5-7,10-12,19-20,22H,2,8-9,13-18H2,1,3-4H3/t20?,22-,33?/m1/s1. The lowest BCUT2D eigenvalue weighted by Crippen LogP contribution is -2.59. The molecule has 0 radical (unpaired) electrons. The Morgan fingerprint density at radius 1 is 1.13 bits per heavy atom. The summed E-state index contributed by atoms with van der Waals surface area (Å²) in [6.07, 6.45) is -0.531. The zero-order chi connectivity index (χ0) is 32.8. The summed E-state index contributed by atoms with van der Waals surface area (Å²) in [5.74, 6) is -0.873. The lowest BCUT2D eigenvalue weighted by molar-refractivity contribution is -0.140. The van der Waals surface area contributed by atoms with Gasteiger partial charge in [0.1, 0.15) is 12.2 Å². The van der Waals surface area contributed by atoms with Crippen LogP contribution in [0.25, 0.3) is 0 Å². The molecule has 3 aromatic rings. The summed E-state index contributed by atoms with van der Waals surface area (Å²) < 4.78 is 58.9.